The Morgan fingerprint density at radius 3 is 2.31 bits per heavy atom. The first kappa shape index (κ1) is 24.7. The molecule has 0 aliphatic heterocycles. The van der Waals surface area contributed by atoms with E-state index in [0.717, 1.165) is 0 Å². The lowest BCUT2D eigenvalue weighted by atomic mass is 10.1. The van der Waals surface area contributed by atoms with Gasteiger partial charge in [-0.3, -0.25) is 9.59 Å². The predicted molar refractivity (Wildman–Crippen MR) is 121 cm³/mol. The standard InChI is InChI=1S/C24H30N2O6/c1-6-26(7-2)23(28)17-9-8-10-19(13-17)25-22(27)15-31-24(29)18-11-12-20(32-16(3)4)21(14-18)30-5/h8-14,16H,6-7,15H2,1-5H3,(H,25,27). The lowest BCUT2D eigenvalue weighted by Crippen LogP contribution is -2.30. The quantitative estimate of drug-likeness (QED) is 0.563. The molecule has 0 bridgehead atoms. The summed E-state index contributed by atoms with van der Waals surface area (Å²) in [7, 11) is 1.48. The van der Waals surface area contributed by atoms with E-state index in [1.54, 1.807) is 41.3 Å². The van der Waals surface area contributed by atoms with E-state index in [1.165, 1.54) is 13.2 Å². The zero-order valence-electron chi connectivity index (χ0n) is 19.1. The van der Waals surface area contributed by atoms with Gasteiger partial charge in [-0.1, -0.05) is 6.07 Å². The molecule has 8 heteroatoms. The van der Waals surface area contributed by atoms with E-state index >= 15 is 0 Å². The highest BCUT2D eigenvalue weighted by Crippen LogP contribution is 2.29. The summed E-state index contributed by atoms with van der Waals surface area (Å²) in [5.74, 6) is -0.392. The van der Waals surface area contributed by atoms with Crippen molar-refractivity contribution in [2.75, 3.05) is 32.1 Å². The van der Waals surface area contributed by atoms with Crippen LogP contribution in [0.4, 0.5) is 5.69 Å². The van der Waals surface area contributed by atoms with Gasteiger partial charge in [0.25, 0.3) is 11.8 Å². The molecule has 0 aliphatic carbocycles. The number of hydrogen-bond donors (Lipinski definition) is 1. The SMILES string of the molecule is CCN(CC)C(=O)c1cccc(NC(=O)COC(=O)c2ccc(OC(C)C)c(OC)c2)c1. The molecule has 0 atom stereocenters. The van der Waals surface area contributed by atoms with Gasteiger partial charge in [-0.25, -0.2) is 4.79 Å². The van der Waals surface area contributed by atoms with Gasteiger partial charge < -0.3 is 24.4 Å². The molecule has 0 aliphatic rings. The molecule has 0 heterocycles. The van der Waals surface area contributed by atoms with Crippen molar-refractivity contribution in [1.82, 2.24) is 4.90 Å². The van der Waals surface area contributed by atoms with Gasteiger partial charge >= 0.3 is 5.97 Å². The molecule has 8 nitrogen and oxygen atoms in total. The van der Waals surface area contributed by atoms with E-state index in [4.69, 9.17) is 14.2 Å². The third kappa shape index (κ3) is 6.73. The molecular formula is C24H30N2O6. The normalized spacial score (nSPS) is 10.4. The van der Waals surface area contributed by atoms with Crippen molar-refractivity contribution in [1.29, 1.82) is 0 Å². The maximum Gasteiger partial charge on any atom is 0.338 e. The molecule has 0 radical (unpaired) electrons. The van der Waals surface area contributed by atoms with Crippen LogP contribution in [0.2, 0.25) is 0 Å². The molecule has 2 rings (SSSR count). The number of amides is 2. The molecule has 2 amide bonds. The van der Waals surface area contributed by atoms with E-state index in [0.29, 0.717) is 35.8 Å². The highest BCUT2D eigenvalue weighted by molar-refractivity contribution is 5.98. The fourth-order valence-corrected chi connectivity index (χ4v) is 2.98. The van der Waals surface area contributed by atoms with Crippen LogP contribution in [0, 0.1) is 0 Å². The smallest absolute Gasteiger partial charge is 0.338 e. The van der Waals surface area contributed by atoms with Crippen LogP contribution in [0.25, 0.3) is 0 Å². The number of nitrogens with zero attached hydrogens (tertiary/aromatic N) is 1. The monoisotopic (exact) mass is 442 g/mol. The Labute approximate surface area is 188 Å². The molecule has 0 saturated heterocycles. The molecule has 0 fully saturated rings. The van der Waals surface area contributed by atoms with E-state index in [1.807, 2.05) is 27.7 Å². The van der Waals surface area contributed by atoms with E-state index in [2.05, 4.69) is 5.32 Å². The van der Waals surface area contributed by atoms with E-state index in [9.17, 15) is 14.4 Å². The summed E-state index contributed by atoms with van der Waals surface area (Å²) in [6.45, 7) is 8.29. The number of esters is 1. The first-order valence-corrected chi connectivity index (χ1v) is 10.5. The lowest BCUT2D eigenvalue weighted by Gasteiger charge is -2.19. The van der Waals surface area contributed by atoms with E-state index in [-0.39, 0.29) is 17.6 Å². The average molecular weight is 443 g/mol. The van der Waals surface area contributed by atoms with Gasteiger partial charge in [0.05, 0.1) is 18.8 Å². The number of methoxy groups -OCH3 is 1. The summed E-state index contributed by atoms with van der Waals surface area (Å²) in [6.07, 6.45) is -0.0498. The third-order valence-corrected chi connectivity index (χ3v) is 4.54. The van der Waals surface area contributed by atoms with Gasteiger partial charge in [-0.15, -0.1) is 0 Å². The summed E-state index contributed by atoms with van der Waals surface area (Å²) >= 11 is 0. The molecule has 0 saturated carbocycles. The first-order valence-electron chi connectivity index (χ1n) is 10.5. The fourth-order valence-electron chi connectivity index (χ4n) is 2.98. The van der Waals surface area contributed by atoms with Gasteiger partial charge in [0.2, 0.25) is 0 Å². The van der Waals surface area contributed by atoms with E-state index < -0.39 is 18.5 Å². The number of rotatable bonds is 10. The summed E-state index contributed by atoms with van der Waals surface area (Å²) in [4.78, 5) is 38.8. The topological polar surface area (TPSA) is 94.2 Å². The molecule has 1 N–H and O–H groups in total. The van der Waals surface area contributed by atoms with Crippen LogP contribution in [-0.2, 0) is 9.53 Å². The van der Waals surface area contributed by atoms with Crippen molar-refractivity contribution in [2.45, 2.75) is 33.8 Å². The van der Waals surface area contributed by atoms with Gasteiger partial charge in [-0.05, 0) is 64.1 Å². The van der Waals surface area contributed by atoms with Gasteiger partial charge in [-0.2, -0.15) is 0 Å². The van der Waals surface area contributed by atoms with Crippen molar-refractivity contribution < 1.29 is 28.6 Å². The van der Waals surface area contributed by atoms with Crippen molar-refractivity contribution >= 4 is 23.5 Å². The summed E-state index contributed by atoms with van der Waals surface area (Å²) in [5, 5.41) is 2.64. The maximum absolute atomic E-state index is 12.5. The van der Waals surface area contributed by atoms with Gasteiger partial charge in [0, 0.05) is 24.3 Å². The van der Waals surface area contributed by atoms with Crippen molar-refractivity contribution in [3.8, 4) is 11.5 Å². The number of carbonyl (C=O) groups excluding carboxylic acids is 3. The largest absolute Gasteiger partial charge is 0.493 e. The minimum Gasteiger partial charge on any atom is -0.493 e. The predicted octanol–water partition coefficient (Wildman–Crippen LogP) is 3.76. The highest BCUT2D eigenvalue weighted by atomic mass is 16.5. The van der Waals surface area contributed by atoms with Crippen LogP contribution in [0.5, 0.6) is 11.5 Å². The lowest BCUT2D eigenvalue weighted by molar-refractivity contribution is -0.119. The third-order valence-electron chi connectivity index (χ3n) is 4.54. The molecule has 0 unspecified atom stereocenters. The zero-order chi connectivity index (χ0) is 23.7. The van der Waals surface area contributed by atoms with Crippen molar-refractivity contribution in [2.24, 2.45) is 0 Å². The number of ether oxygens (including phenoxy) is 3. The second-order valence-corrected chi connectivity index (χ2v) is 7.21. The van der Waals surface area contributed by atoms with Gasteiger partial charge in [0.1, 0.15) is 0 Å². The number of nitrogens with one attached hydrogen (secondary N) is 1. The Bertz CT molecular complexity index is 953. The Kier molecular flexibility index (Phi) is 9.07. The molecule has 32 heavy (non-hydrogen) atoms. The number of hydrogen-bond acceptors (Lipinski definition) is 6. The van der Waals surface area contributed by atoms with Crippen LogP contribution in [-0.4, -0.2) is 55.6 Å². The molecule has 172 valence electrons. The summed E-state index contributed by atoms with van der Waals surface area (Å²) in [5.41, 5.74) is 1.15. The molecule has 0 aromatic heterocycles. The minimum absolute atomic E-state index is 0.0498. The average Bonchev–Trinajstić information content (AvgIpc) is 2.78. The first-order chi connectivity index (χ1) is 15.3. The molecule has 2 aromatic carbocycles. The Morgan fingerprint density at radius 1 is 0.969 bits per heavy atom. The number of anilines is 1. The molecule has 0 spiro atoms. The van der Waals surface area contributed by atoms with Gasteiger partial charge in [0.15, 0.2) is 18.1 Å². The highest BCUT2D eigenvalue weighted by Gasteiger charge is 2.16. The maximum atomic E-state index is 12.5. The number of benzene rings is 2. The Hall–Kier alpha value is -3.55. The summed E-state index contributed by atoms with van der Waals surface area (Å²) in [6, 6.07) is 11.3. The molecular weight excluding hydrogens is 412 g/mol. The van der Waals surface area contributed by atoms with Crippen LogP contribution in [0.1, 0.15) is 48.4 Å². The van der Waals surface area contributed by atoms with Crippen LogP contribution in [0.15, 0.2) is 42.5 Å². The Balaban J connectivity index is 1.98. The second kappa shape index (κ2) is 11.7. The van der Waals surface area contributed by atoms with Crippen molar-refractivity contribution in [3.63, 3.8) is 0 Å². The minimum atomic E-state index is -0.667. The van der Waals surface area contributed by atoms with Crippen molar-refractivity contribution in [3.05, 3.63) is 53.6 Å². The fraction of sp³-hybridized carbons (Fsp3) is 0.375. The molecule has 2 aromatic rings. The summed E-state index contributed by atoms with van der Waals surface area (Å²) < 4.78 is 16.0. The van der Waals surface area contributed by atoms with Crippen LogP contribution < -0.4 is 14.8 Å². The van der Waals surface area contributed by atoms with Crippen LogP contribution >= 0.6 is 0 Å². The number of carbonyl (C=O) groups is 3. The Morgan fingerprint density at radius 2 is 1.69 bits per heavy atom. The second-order valence-electron chi connectivity index (χ2n) is 7.21. The zero-order valence-corrected chi connectivity index (χ0v) is 19.1. The van der Waals surface area contributed by atoms with Crippen LogP contribution in [0.3, 0.4) is 0 Å².